The topological polar surface area (TPSA) is 14.2 Å². The molecule has 0 bridgehead atoms. The van der Waals surface area contributed by atoms with Crippen LogP contribution in [0.3, 0.4) is 0 Å². The van der Waals surface area contributed by atoms with Gasteiger partial charge in [-0.05, 0) is 130 Å². The Balaban J connectivity index is 1.51. The number of hydrogen-bond donors (Lipinski definition) is 0. The monoisotopic (exact) mass is 587 g/mol. The van der Waals surface area contributed by atoms with Gasteiger partial charge in [0, 0.05) is 22.0 Å². The largest absolute Gasteiger partial charge is 0.458 e. The molecule has 3 heterocycles. The Bertz CT molecular complexity index is 2230. The number of aromatic nitrogens is 1. The highest BCUT2D eigenvalue weighted by Crippen LogP contribution is 2.41. The molecule has 5 aromatic carbocycles. The summed E-state index contributed by atoms with van der Waals surface area (Å²) in [5.74, 6) is 1.94. The first kappa shape index (κ1) is 28.3. The molecular weight excluding hydrogens is 545 g/mol. The zero-order chi connectivity index (χ0) is 31.7. The van der Waals surface area contributed by atoms with Crippen LogP contribution in [0.15, 0.2) is 72.8 Å². The van der Waals surface area contributed by atoms with Gasteiger partial charge in [-0.15, -0.1) is 0 Å². The van der Waals surface area contributed by atoms with Gasteiger partial charge in [-0.2, -0.15) is 0 Å². The van der Waals surface area contributed by atoms with Crippen molar-refractivity contribution in [2.45, 2.75) is 80.1 Å². The molecule has 1 aromatic heterocycles. The van der Waals surface area contributed by atoms with Crippen molar-refractivity contribution in [3.05, 3.63) is 106 Å². The highest BCUT2D eigenvalue weighted by molar-refractivity contribution is 6.99. The smallest absolute Gasteiger partial charge is 0.256 e. The van der Waals surface area contributed by atoms with Gasteiger partial charge in [0.1, 0.15) is 11.5 Å². The molecule has 0 spiro atoms. The summed E-state index contributed by atoms with van der Waals surface area (Å²) < 4.78 is 9.36. The van der Waals surface area contributed by atoms with E-state index in [2.05, 4.69) is 147 Å². The van der Waals surface area contributed by atoms with Crippen molar-refractivity contribution < 1.29 is 4.74 Å². The molecule has 0 aliphatic carbocycles. The van der Waals surface area contributed by atoms with Crippen molar-refractivity contribution in [1.29, 1.82) is 0 Å². The Labute approximate surface area is 268 Å². The van der Waals surface area contributed by atoms with Crippen molar-refractivity contribution >= 4 is 44.9 Å². The molecule has 0 saturated carbocycles. The van der Waals surface area contributed by atoms with Gasteiger partial charge < -0.3 is 9.30 Å². The summed E-state index contributed by atoms with van der Waals surface area (Å²) in [6.45, 7) is 22.9. The minimum Gasteiger partial charge on any atom is -0.458 e. The highest BCUT2D eigenvalue weighted by Gasteiger charge is 2.41. The van der Waals surface area contributed by atoms with Gasteiger partial charge in [-0.3, -0.25) is 0 Å². The maximum atomic E-state index is 6.82. The lowest BCUT2D eigenvalue weighted by atomic mass is 9.34. The van der Waals surface area contributed by atoms with E-state index in [1.807, 2.05) is 0 Å². The van der Waals surface area contributed by atoms with E-state index >= 15 is 0 Å². The van der Waals surface area contributed by atoms with E-state index < -0.39 is 0 Å². The van der Waals surface area contributed by atoms with Crippen LogP contribution in [0.4, 0.5) is 0 Å². The molecule has 2 nitrogen and oxygen atoms in total. The van der Waals surface area contributed by atoms with Gasteiger partial charge in [0.25, 0.3) is 6.71 Å². The van der Waals surface area contributed by atoms with Crippen molar-refractivity contribution in [2.24, 2.45) is 0 Å². The molecule has 3 heteroatoms. The van der Waals surface area contributed by atoms with Crippen LogP contribution in [0.1, 0.15) is 74.9 Å². The molecule has 2 aliphatic rings. The van der Waals surface area contributed by atoms with Crippen LogP contribution >= 0.6 is 0 Å². The van der Waals surface area contributed by atoms with Crippen LogP contribution in [-0.4, -0.2) is 11.3 Å². The Hall–Kier alpha value is -4.24. The SMILES string of the molecule is Cc1cc(C)c(-c2ccc3c(c2)B2c4c(cc(C)cc4-n4c5ccc(C(C)(C)C)cc5c5cc(C(C)(C)C)cc2c54)O3)c(C)c1. The van der Waals surface area contributed by atoms with E-state index in [0.717, 1.165) is 11.5 Å². The van der Waals surface area contributed by atoms with Crippen molar-refractivity contribution in [3.8, 4) is 28.3 Å². The van der Waals surface area contributed by atoms with Crippen LogP contribution < -0.4 is 21.1 Å². The van der Waals surface area contributed by atoms with Gasteiger partial charge >= 0.3 is 0 Å². The van der Waals surface area contributed by atoms with E-state index in [1.54, 1.807) is 0 Å². The maximum Gasteiger partial charge on any atom is 0.256 e. The van der Waals surface area contributed by atoms with Crippen molar-refractivity contribution in [3.63, 3.8) is 0 Å². The summed E-state index contributed by atoms with van der Waals surface area (Å²) in [4.78, 5) is 0. The molecule has 0 atom stereocenters. The fraction of sp³-hybridized carbons (Fsp3) is 0.286. The van der Waals surface area contributed by atoms with Crippen LogP contribution in [0.25, 0.3) is 38.6 Å². The minimum atomic E-state index is 0.00308. The van der Waals surface area contributed by atoms with Gasteiger partial charge in [-0.1, -0.05) is 83.5 Å². The predicted molar refractivity (Wildman–Crippen MR) is 194 cm³/mol. The second-order valence-corrected chi connectivity index (χ2v) is 15.8. The van der Waals surface area contributed by atoms with Crippen molar-refractivity contribution in [1.82, 2.24) is 4.57 Å². The molecule has 0 N–H and O–H groups in total. The molecule has 6 aromatic rings. The Morgan fingerprint density at radius 2 is 1.27 bits per heavy atom. The lowest BCUT2D eigenvalue weighted by Gasteiger charge is -2.35. The van der Waals surface area contributed by atoms with E-state index in [-0.39, 0.29) is 17.5 Å². The first-order chi connectivity index (χ1) is 21.2. The maximum absolute atomic E-state index is 6.82. The zero-order valence-electron chi connectivity index (χ0n) is 28.4. The molecule has 8 rings (SSSR count). The molecule has 45 heavy (non-hydrogen) atoms. The molecule has 0 unspecified atom stereocenters. The summed E-state index contributed by atoms with van der Waals surface area (Å²) in [5.41, 5.74) is 18.3. The second kappa shape index (κ2) is 9.16. The minimum absolute atomic E-state index is 0.00308. The third kappa shape index (κ3) is 4.09. The average molecular weight is 588 g/mol. The summed E-state index contributed by atoms with van der Waals surface area (Å²) in [7, 11) is 0. The molecular formula is C42H42BNO. The molecule has 0 radical (unpaired) electrons. The summed E-state index contributed by atoms with van der Waals surface area (Å²) in [5, 5.41) is 2.68. The summed E-state index contributed by atoms with van der Waals surface area (Å²) in [6.07, 6.45) is 0. The standard InChI is InChI=1S/C42H42BNO/c1-23-15-25(3)38(26(4)16-23)27-11-14-36-32(19-27)43-33-22-29(42(8,9)10)21-31-30-20-28(41(5,6)7)12-13-34(30)44(40(31)33)35-17-24(2)18-37(45-36)39(35)43/h11-22H,1-10H3. The molecule has 224 valence electrons. The summed E-state index contributed by atoms with van der Waals surface area (Å²) >= 11 is 0. The van der Waals surface area contributed by atoms with Gasteiger partial charge in [-0.25, -0.2) is 0 Å². The lowest BCUT2D eigenvalue weighted by Crippen LogP contribution is -2.58. The number of nitrogens with zero attached hydrogens (tertiary/aromatic N) is 1. The number of hydrogen-bond acceptors (Lipinski definition) is 1. The number of rotatable bonds is 1. The predicted octanol–water partition coefficient (Wildman–Crippen LogP) is 9.21. The quantitative estimate of drug-likeness (QED) is 0.175. The van der Waals surface area contributed by atoms with Gasteiger partial charge in [0.05, 0.1) is 5.52 Å². The first-order valence-corrected chi connectivity index (χ1v) is 16.4. The Morgan fingerprint density at radius 1 is 0.600 bits per heavy atom. The van der Waals surface area contributed by atoms with Crippen LogP contribution in [0, 0.1) is 27.7 Å². The van der Waals surface area contributed by atoms with E-state index in [4.69, 9.17) is 4.74 Å². The summed E-state index contributed by atoms with van der Waals surface area (Å²) in [6, 6.07) is 28.2. The first-order valence-electron chi connectivity index (χ1n) is 16.4. The van der Waals surface area contributed by atoms with E-state index in [9.17, 15) is 0 Å². The number of benzene rings is 5. The zero-order valence-corrected chi connectivity index (χ0v) is 28.4. The van der Waals surface area contributed by atoms with Crippen LogP contribution in [0.5, 0.6) is 11.5 Å². The second-order valence-electron chi connectivity index (χ2n) is 15.8. The fourth-order valence-electron chi connectivity index (χ4n) is 8.11. The average Bonchev–Trinajstić information content (AvgIpc) is 3.28. The Kier molecular flexibility index (Phi) is 5.75. The molecule has 0 saturated heterocycles. The van der Waals surface area contributed by atoms with Crippen LogP contribution in [-0.2, 0) is 10.8 Å². The molecule has 2 aliphatic heterocycles. The highest BCUT2D eigenvalue weighted by atomic mass is 16.5. The van der Waals surface area contributed by atoms with Gasteiger partial charge in [0.15, 0.2) is 0 Å². The van der Waals surface area contributed by atoms with Gasteiger partial charge in [0.2, 0.25) is 0 Å². The number of ether oxygens (including phenoxy) is 1. The molecule has 0 amide bonds. The third-order valence-corrected chi connectivity index (χ3v) is 10.2. The van der Waals surface area contributed by atoms with E-state index in [1.165, 1.54) is 88.4 Å². The van der Waals surface area contributed by atoms with Crippen molar-refractivity contribution in [2.75, 3.05) is 0 Å². The fourth-order valence-corrected chi connectivity index (χ4v) is 8.11. The third-order valence-electron chi connectivity index (χ3n) is 10.2. The number of aryl methyl sites for hydroxylation is 4. The normalized spacial score (nSPS) is 13.7. The molecule has 0 fully saturated rings. The Morgan fingerprint density at radius 3 is 1.96 bits per heavy atom. The number of fused-ring (bicyclic) bond motifs is 7. The lowest BCUT2D eigenvalue weighted by molar-refractivity contribution is 0.487. The van der Waals surface area contributed by atoms with E-state index in [0.29, 0.717) is 0 Å². The van der Waals surface area contributed by atoms with Crippen LogP contribution in [0.2, 0.25) is 0 Å².